The van der Waals surface area contributed by atoms with Crippen molar-refractivity contribution in [2.45, 2.75) is 13.1 Å². The van der Waals surface area contributed by atoms with Gasteiger partial charge in [0.1, 0.15) is 0 Å². The van der Waals surface area contributed by atoms with Crippen molar-refractivity contribution in [2.75, 3.05) is 12.8 Å². The molecule has 2 N–H and O–H groups in total. The molecule has 2 heterocycles. The molecular formula is C15H15N3O2. The predicted molar refractivity (Wildman–Crippen MR) is 75.2 cm³/mol. The Kier molecular flexibility index (Phi) is 3.02. The van der Waals surface area contributed by atoms with Gasteiger partial charge >= 0.3 is 0 Å². The van der Waals surface area contributed by atoms with Crippen LogP contribution in [-0.4, -0.2) is 22.9 Å². The number of fused-ring (bicyclic) bond motifs is 1. The average Bonchev–Trinajstić information content (AvgIpc) is 2.76. The van der Waals surface area contributed by atoms with E-state index >= 15 is 0 Å². The number of benzene rings is 1. The van der Waals surface area contributed by atoms with E-state index < -0.39 is 0 Å². The fourth-order valence-electron chi connectivity index (χ4n) is 2.44. The Morgan fingerprint density at radius 3 is 3.05 bits per heavy atom. The smallest absolute Gasteiger partial charge is 0.254 e. The molecule has 3 rings (SSSR count). The quantitative estimate of drug-likeness (QED) is 0.863. The summed E-state index contributed by atoms with van der Waals surface area (Å²) in [7, 11) is 1.58. The van der Waals surface area contributed by atoms with E-state index in [0.29, 0.717) is 30.2 Å². The van der Waals surface area contributed by atoms with Crippen LogP contribution in [0.4, 0.5) is 5.69 Å². The second-order valence-corrected chi connectivity index (χ2v) is 4.75. The zero-order chi connectivity index (χ0) is 14.1. The number of hydrogen-bond acceptors (Lipinski definition) is 4. The van der Waals surface area contributed by atoms with Crippen LogP contribution in [0.5, 0.6) is 5.88 Å². The average molecular weight is 269 g/mol. The summed E-state index contributed by atoms with van der Waals surface area (Å²) in [5, 5.41) is 0. The van der Waals surface area contributed by atoms with Gasteiger partial charge < -0.3 is 15.4 Å². The van der Waals surface area contributed by atoms with Crippen molar-refractivity contribution in [3.05, 3.63) is 53.2 Å². The van der Waals surface area contributed by atoms with Crippen molar-refractivity contribution in [3.63, 3.8) is 0 Å². The summed E-state index contributed by atoms with van der Waals surface area (Å²) in [6.45, 7) is 1.07. The minimum atomic E-state index is -0.00166. The fraction of sp³-hybridized carbons (Fsp3) is 0.200. The lowest BCUT2D eigenvalue weighted by molar-refractivity contribution is 0.0765. The van der Waals surface area contributed by atoms with Gasteiger partial charge in [-0.3, -0.25) is 4.79 Å². The van der Waals surface area contributed by atoms with Gasteiger partial charge in [0.15, 0.2) is 0 Å². The molecule has 1 aromatic carbocycles. The molecule has 20 heavy (non-hydrogen) atoms. The number of carbonyl (C=O) groups excluding carboxylic acids is 1. The highest BCUT2D eigenvalue weighted by Crippen LogP contribution is 2.27. The third kappa shape index (κ3) is 2.07. The van der Waals surface area contributed by atoms with Gasteiger partial charge in [-0.1, -0.05) is 12.1 Å². The van der Waals surface area contributed by atoms with Crippen molar-refractivity contribution in [1.29, 1.82) is 0 Å². The number of hydrogen-bond donors (Lipinski definition) is 1. The van der Waals surface area contributed by atoms with Crippen LogP contribution in [0.2, 0.25) is 0 Å². The number of ether oxygens (including phenoxy) is 1. The number of nitrogen functional groups attached to an aromatic ring is 1. The molecule has 1 aliphatic rings. The van der Waals surface area contributed by atoms with Gasteiger partial charge in [0.2, 0.25) is 5.88 Å². The van der Waals surface area contributed by atoms with Gasteiger partial charge in [-0.2, -0.15) is 0 Å². The number of rotatable bonds is 3. The Hall–Kier alpha value is -2.56. The normalized spacial score (nSPS) is 13.4. The lowest BCUT2D eigenvalue weighted by atomic mass is 10.1. The van der Waals surface area contributed by atoms with Gasteiger partial charge in [-0.05, 0) is 23.8 Å². The zero-order valence-electron chi connectivity index (χ0n) is 11.2. The highest BCUT2D eigenvalue weighted by atomic mass is 16.5. The number of aromatic nitrogens is 1. The van der Waals surface area contributed by atoms with Crippen molar-refractivity contribution in [2.24, 2.45) is 0 Å². The fourth-order valence-corrected chi connectivity index (χ4v) is 2.44. The number of pyridine rings is 1. The number of nitrogens with two attached hydrogens (primary N) is 1. The van der Waals surface area contributed by atoms with Crippen LogP contribution in [0.15, 0.2) is 36.5 Å². The molecule has 2 aromatic rings. The maximum Gasteiger partial charge on any atom is 0.254 e. The molecule has 0 unspecified atom stereocenters. The topological polar surface area (TPSA) is 68.4 Å². The summed E-state index contributed by atoms with van der Waals surface area (Å²) in [6, 6.07) is 9.21. The summed E-state index contributed by atoms with van der Waals surface area (Å²) < 4.78 is 5.22. The van der Waals surface area contributed by atoms with E-state index in [0.717, 1.165) is 11.1 Å². The highest BCUT2D eigenvalue weighted by molar-refractivity contribution is 5.99. The molecule has 0 aliphatic carbocycles. The van der Waals surface area contributed by atoms with Crippen LogP contribution < -0.4 is 10.5 Å². The summed E-state index contributed by atoms with van der Waals surface area (Å²) in [5.41, 5.74) is 8.93. The largest absolute Gasteiger partial charge is 0.481 e. The maximum absolute atomic E-state index is 12.4. The van der Waals surface area contributed by atoms with Gasteiger partial charge in [-0.15, -0.1) is 0 Å². The van der Waals surface area contributed by atoms with Gasteiger partial charge in [0.25, 0.3) is 5.91 Å². The zero-order valence-corrected chi connectivity index (χ0v) is 11.2. The van der Waals surface area contributed by atoms with E-state index in [1.807, 2.05) is 24.3 Å². The summed E-state index contributed by atoms with van der Waals surface area (Å²) in [5.74, 6) is 0.550. The minimum absolute atomic E-state index is 0.00166. The molecule has 0 fully saturated rings. The minimum Gasteiger partial charge on any atom is -0.481 e. The molecule has 0 radical (unpaired) electrons. The first-order chi connectivity index (χ1) is 9.69. The maximum atomic E-state index is 12.4. The lowest BCUT2D eigenvalue weighted by Crippen LogP contribution is -2.23. The third-order valence-corrected chi connectivity index (χ3v) is 3.42. The van der Waals surface area contributed by atoms with E-state index in [1.165, 1.54) is 0 Å². The van der Waals surface area contributed by atoms with Crippen LogP contribution in [0.25, 0.3) is 0 Å². The molecule has 0 saturated heterocycles. The van der Waals surface area contributed by atoms with Crippen LogP contribution in [-0.2, 0) is 13.1 Å². The predicted octanol–water partition coefficient (Wildman–Crippen LogP) is 1.83. The van der Waals surface area contributed by atoms with Crippen molar-refractivity contribution in [3.8, 4) is 5.88 Å². The number of carbonyl (C=O) groups is 1. The molecule has 5 heteroatoms. The van der Waals surface area contributed by atoms with E-state index in [1.54, 1.807) is 24.3 Å². The molecule has 0 atom stereocenters. The van der Waals surface area contributed by atoms with Crippen LogP contribution >= 0.6 is 0 Å². The first kappa shape index (κ1) is 12.5. The summed E-state index contributed by atoms with van der Waals surface area (Å²) >= 11 is 0. The number of nitrogens with zero attached hydrogens (tertiary/aromatic N) is 2. The molecule has 0 bridgehead atoms. The SMILES string of the molecule is COc1ncccc1CN1Cc2ccc(N)cc2C1=O. The molecule has 1 aromatic heterocycles. The number of amides is 1. The van der Waals surface area contributed by atoms with Gasteiger partial charge in [0, 0.05) is 29.6 Å². The molecule has 0 saturated carbocycles. The second-order valence-electron chi connectivity index (χ2n) is 4.75. The summed E-state index contributed by atoms with van der Waals surface area (Å²) in [6.07, 6.45) is 1.67. The molecular weight excluding hydrogens is 254 g/mol. The first-order valence-corrected chi connectivity index (χ1v) is 6.34. The number of anilines is 1. The van der Waals surface area contributed by atoms with E-state index in [-0.39, 0.29) is 5.91 Å². The third-order valence-electron chi connectivity index (χ3n) is 3.42. The Balaban J connectivity index is 1.86. The molecule has 5 nitrogen and oxygen atoms in total. The Labute approximate surface area is 117 Å². The van der Waals surface area contributed by atoms with Gasteiger partial charge in [-0.25, -0.2) is 4.98 Å². The lowest BCUT2D eigenvalue weighted by Gasteiger charge is -2.16. The van der Waals surface area contributed by atoms with Crippen LogP contribution in [0, 0.1) is 0 Å². The van der Waals surface area contributed by atoms with E-state index in [4.69, 9.17) is 10.5 Å². The first-order valence-electron chi connectivity index (χ1n) is 6.34. The Morgan fingerprint density at radius 2 is 2.25 bits per heavy atom. The van der Waals surface area contributed by atoms with Gasteiger partial charge in [0.05, 0.1) is 13.7 Å². The number of methoxy groups -OCH3 is 1. The standard InChI is InChI=1S/C15H15N3O2/c1-20-14-11(3-2-6-17-14)9-18-8-10-4-5-12(16)7-13(10)15(18)19/h2-7H,8-9,16H2,1H3. The highest BCUT2D eigenvalue weighted by Gasteiger charge is 2.28. The van der Waals surface area contributed by atoms with Crippen LogP contribution in [0.1, 0.15) is 21.5 Å². The Morgan fingerprint density at radius 1 is 1.40 bits per heavy atom. The van der Waals surface area contributed by atoms with E-state index in [9.17, 15) is 4.79 Å². The van der Waals surface area contributed by atoms with Crippen molar-refractivity contribution < 1.29 is 9.53 Å². The molecule has 1 aliphatic heterocycles. The van der Waals surface area contributed by atoms with Crippen molar-refractivity contribution in [1.82, 2.24) is 9.88 Å². The van der Waals surface area contributed by atoms with Crippen LogP contribution in [0.3, 0.4) is 0 Å². The van der Waals surface area contributed by atoms with E-state index in [2.05, 4.69) is 4.98 Å². The molecule has 0 spiro atoms. The Bertz CT molecular complexity index is 670. The second kappa shape index (κ2) is 4.85. The van der Waals surface area contributed by atoms with Crippen molar-refractivity contribution >= 4 is 11.6 Å². The molecule has 102 valence electrons. The monoisotopic (exact) mass is 269 g/mol. The summed E-state index contributed by atoms with van der Waals surface area (Å²) in [4.78, 5) is 18.3. The molecule has 1 amide bonds.